The first-order chi connectivity index (χ1) is 11.0. The number of thioether (sulfide) groups is 1. The fourth-order valence-corrected chi connectivity index (χ4v) is 8.21. The van der Waals surface area contributed by atoms with E-state index in [9.17, 15) is 0 Å². The SMILES string of the molecule is C[C@@H](SC(C)(C)C)[C@@H]1C[C@@H]1P(c1ccccc1)c1ccccc1. The zero-order chi connectivity index (χ0) is 16.4. The highest BCUT2D eigenvalue weighted by Crippen LogP contribution is 2.59. The molecule has 0 bridgehead atoms. The fraction of sp³-hybridized carbons (Fsp3) is 0.429. The Labute approximate surface area is 146 Å². The van der Waals surface area contributed by atoms with Crippen LogP contribution in [-0.2, 0) is 0 Å². The predicted octanol–water partition coefficient (Wildman–Crippen LogP) is 5.43. The lowest BCUT2D eigenvalue weighted by molar-refractivity contribution is 0.760. The van der Waals surface area contributed by atoms with E-state index in [4.69, 9.17) is 0 Å². The van der Waals surface area contributed by atoms with E-state index in [-0.39, 0.29) is 7.92 Å². The van der Waals surface area contributed by atoms with Crippen LogP contribution in [-0.4, -0.2) is 15.7 Å². The van der Waals surface area contributed by atoms with Crippen molar-refractivity contribution in [2.24, 2.45) is 5.92 Å². The average molecular weight is 342 g/mol. The lowest BCUT2D eigenvalue weighted by Gasteiger charge is -2.25. The largest absolute Gasteiger partial charge is 0.153 e. The van der Waals surface area contributed by atoms with Gasteiger partial charge in [0.2, 0.25) is 0 Å². The first-order valence-electron chi connectivity index (χ1n) is 8.53. The van der Waals surface area contributed by atoms with Crippen molar-refractivity contribution >= 4 is 30.3 Å². The second-order valence-electron chi connectivity index (χ2n) is 7.44. The van der Waals surface area contributed by atoms with Gasteiger partial charge in [-0.25, -0.2) is 0 Å². The van der Waals surface area contributed by atoms with E-state index >= 15 is 0 Å². The molecule has 1 aliphatic carbocycles. The lowest BCUT2D eigenvalue weighted by Crippen LogP contribution is -2.19. The van der Waals surface area contributed by atoms with Crippen molar-refractivity contribution in [3.05, 3.63) is 60.7 Å². The van der Waals surface area contributed by atoms with Gasteiger partial charge in [-0.2, -0.15) is 11.8 Å². The molecule has 0 unspecified atom stereocenters. The monoisotopic (exact) mass is 342 g/mol. The van der Waals surface area contributed by atoms with Gasteiger partial charge in [-0.3, -0.25) is 0 Å². The molecule has 0 radical (unpaired) electrons. The van der Waals surface area contributed by atoms with Gasteiger partial charge in [0.1, 0.15) is 0 Å². The van der Waals surface area contributed by atoms with Crippen molar-refractivity contribution in [2.45, 2.75) is 49.8 Å². The molecule has 1 fully saturated rings. The third-order valence-corrected chi connectivity index (χ3v) is 8.74. The summed E-state index contributed by atoms with van der Waals surface area (Å²) in [7, 11) is -0.225. The van der Waals surface area contributed by atoms with E-state index in [0.29, 0.717) is 4.75 Å². The van der Waals surface area contributed by atoms with Crippen LogP contribution < -0.4 is 10.6 Å². The summed E-state index contributed by atoms with van der Waals surface area (Å²) in [4.78, 5) is 0. The van der Waals surface area contributed by atoms with Gasteiger partial charge < -0.3 is 0 Å². The first-order valence-corrected chi connectivity index (χ1v) is 10.8. The van der Waals surface area contributed by atoms with Crippen LogP contribution in [0.15, 0.2) is 60.7 Å². The van der Waals surface area contributed by atoms with Gasteiger partial charge in [-0.1, -0.05) is 88.4 Å². The second-order valence-corrected chi connectivity index (χ2v) is 12.1. The van der Waals surface area contributed by atoms with Crippen LogP contribution in [0.1, 0.15) is 34.1 Å². The van der Waals surface area contributed by atoms with Gasteiger partial charge in [-0.15, -0.1) is 0 Å². The van der Waals surface area contributed by atoms with Crippen LogP contribution in [0, 0.1) is 5.92 Å². The molecule has 0 heterocycles. The van der Waals surface area contributed by atoms with Crippen molar-refractivity contribution in [3.8, 4) is 0 Å². The molecule has 0 amide bonds. The Bertz CT molecular complexity index is 578. The van der Waals surface area contributed by atoms with Gasteiger partial charge in [0.15, 0.2) is 0 Å². The minimum Gasteiger partial charge on any atom is -0.153 e. The third kappa shape index (κ3) is 4.40. The van der Waals surface area contributed by atoms with Crippen LogP contribution >= 0.6 is 19.7 Å². The van der Waals surface area contributed by atoms with Gasteiger partial charge in [0.05, 0.1) is 0 Å². The minimum atomic E-state index is -0.225. The quantitative estimate of drug-likeness (QED) is 0.653. The average Bonchev–Trinajstić information content (AvgIpc) is 3.28. The summed E-state index contributed by atoms with van der Waals surface area (Å²) in [5.41, 5.74) is 0.847. The molecule has 2 aromatic rings. The Morgan fingerprint density at radius 3 is 1.83 bits per heavy atom. The van der Waals surface area contributed by atoms with Crippen LogP contribution in [0.4, 0.5) is 0 Å². The molecular formula is C21H27PS. The normalized spacial score (nSPS) is 22.1. The van der Waals surface area contributed by atoms with Gasteiger partial charge >= 0.3 is 0 Å². The number of hydrogen-bond acceptors (Lipinski definition) is 1. The molecule has 1 saturated carbocycles. The molecule has 0 aromatic heterocycles. The molecule has 23 heavy (non-hydrogen) atoms. The summed E-state index contributed by atoms with van der Waals surface area (Å²) >= 11 is 2.15. The molecule has 122 valence electrons. The Morgan fingerprint density at radius 2 is 1.39 bits per heavy atom. The molecule has 0 spiro atoms. The zero-order valence-electron chi connectivity index (χ0n) is 14.6. The van der Waals surface area contributed by atoms with E-state index in [0.717, 1.165) is 16.8 Å². The van der Waals surface area contributed by atoms with Crippen LogP contribution in [0.5, 0.6) is 0 Å². The molecule has 2 aromatic carbocycles. The van der Waals surface area contributed by atoms with Crippen LogP contribution in [0.2, 0.25) is 0 Å². The summed E-state index contributed by atoms with van der Waals surface area (Å²) in [5, 5.41) is 3.82. The Morgan fingerprint density at radius 1 is 0.913 bits per heavy atom. The van der Waals surface area contributed by atoms with Gasteiger partial charge in [0, 0.05) is 10.00 Å². The molecule has 0 saturated heterocycles. The van der Waals surface area contributed by atoms with Crippen molar-refractivity contribution in [1.29, 1.82) is 0 Å². The van der Waals surface area contributed by atoms with Crippen molar-refractivity contribution in [2.75, 3.05) is 0 Å². The molecule has 3 atom stereocenters. The molecule has 0 aliphatic heterocycles. The smallest absolute Gasteiger partial charge is 0.00778 e. The predicted molar refractivity (Wildman–Crippen MR) is 108 cm³/mol. The van der Waals surface area contributed by atoms with E-state index in [1.54, 1.807) is 0 Å². The van der Waals surface area contributed by atoms with Gasteiger partial charge in [0.25, 0.3) is 0 Å². The zero-order valence-corrected chi connectivity index (χ0v) is 16.3. The second kappa shape index (κ2) is 6.99. The lowest BCUT2D eigenvalue weighted by atomic mass is 10.3. The molecule has 0 N–H and O–H groups in total. The van der Waals surface area contributed by atoms with Crippen molar-refractivity contribution in [3.63, 3.8) is 0 Å². The summed E-state index contributed by atoms with van der Waals surface area (Å²) < 4.78 is 0.356. The number of hydrogen-bond donors (Lipinski definition) is 0. The maximum Gasteiger partial charge on any atom is 0.00778 e. The fourth-order valence-electron chi connectivity index (χ4n) is 3.36. The topological polar surface area (TPSA) is 0 Å². The summed E-state index contributed by atoms with van der Waals surface area (Å²) in [6, 6.07) is 22.3. The minimum absolute atomic E-state index is 0.225. The van der Waals surface area contributed by atoms with E-state index in [2.05, 4.69) is 100 Å². The first kappa shape index (κ1) is 17.1. The van der Waals surface area contributed by atoms with Crippen molar-refractivity contribution in [1.82, 2.24) is 0 Å². The third-order valence-electron chi connectivity index (χ3n) is 4.35. The van der Waals surface area contributed by atoms with E-state index < -0.39 is 0 Å². The number of benzene rings is 2. The number of rotatable bonds is 5. The Hall–Kier alpha value is -0.780. The Kier molecular flexibility index (Phi) is 5.19. The van der Waals surface area contributed by atoms with Crippen LogP contribution in [0.3, 0.4) is 0 Å². The Balaban J connectivity index is 1.82. The maximum atomic E-state index is 2.43. The van der Waals surface area contributed by atoms with Crippen LogP contribution in [0.25, 0.3) is 0 Å². The highest BCUT2D eigenvalue weighted by molar-refractivity contribution is 8.01. The van der Waals surface area contributed by atoms with E-state index in [1.807, 2.05) is 0 Å². The van der Waals surface area contributed by atoms with E-state index in [1.165, 1.54) is 17.0 Å². The maximum absolute atomic E-state index is 2.43. The highest BCUT2D eigenvalue weighted by Gasteiger charge is 2.47. The van der Waals surface area contributed by atoms with Crippen molar-refractivity contribution < 1.29 is 0 Å². The molecule has 2 heteroatoms. The summed E-state index contributed by atoms with van der Waals surface area (Å²) in [5.74, 6) is 0.866. The molecule has 1 aliphatic rings. The molecule has 0 nitrogen and oxygen atoms in total. The summed E-state index contributed by atoms with van der Waals surface area (Å²) in [6.45, 7) is 9.44. The van der Waals surface area contributed by atoms with Gasteiger partial charge in [-0.05, 0) is 36.5 Å². The highest BCUT2D eigenvalue weighted by atomic mass is 32.2. The summed E-state index contributed by atoms with van der Waals surface area (Å²) in [6.07, 6.45) is 1.39. The molecular weight excluding hydrogens is 315 g/mol. The standard InChI is InChI=1S/C21H27PS/c1-16(23-21(2,3)4)19-15-20(19)22(17-11-7-5-8-12-17)18-13-9-6-10-14-18/h5-14,16,19-20H,15H2,1-4H3/t16-,19+,20+/m1/s1. The molecule has 3 rings (SSSR count).